The second kappa shape index (κ2) is 5.66. The predicted octanol–water partition coefficient (Wildman–Crippen LogP) is 3.13. The Labute approximate surface area is 134 Å². The van der Waals surface area contributed by atoms with Crippen molar-refractivity contribution in [2.24, 2.45) is 0 Å². The summed E-state index contributed by atoms with van der Waals surface area (Å²) in [6.07, 6.45) is 0. The lowest BCUT2D eigenvalue weighted by molar-refractivity contribution is 0.0946. The van der Waals surface area contributed by atoms with Gasteiger partial charge in [-0.2, -0.15) is 5.10 Å². The minimum Gasteiger partial charge on any atom is -0.346 e. The fraction of sp³-hybridized carbons (Fsp3) is 0.214. The van der Waals surface area contributed by atoms with Crippen molar-refractivity contribution in [3.8, 4) is 0 Å². The molecule has 0 saturated carbocycles. The average molecular weight is 339 g/mol. The van der Waals surface area contributed by atoms with E-state index in [1.165, 1.54) is 29.5 Å². The number of nitrogens with one attached hydrogen (secondary N) is 1. The highest BCUT2D eigenvalue weighted by Crippen LogP contribution is 2.18. The van der Waals surface area contributed by atoms with Gasteiger partial charge >= 0.3 is 0 Å². The Balaban J connectivity index is 1.83. The third-order valence-corrected chi connectivity index (χ3v) is 4.25. The van der Waals surface area contributed by atoms with Crippen LogP contribution in [0.2, 0.25) is 5.02 Å². The van der Waals surface area contributed by atoms with Crippen LogP contribution in [0.3, 0.4) is 0 Å². The van der Waals surface area contributed by atoms with E-state index in [4.69, 9.17) is 11.6 Å². The number of aryl methyl sites for hydroxylation is 2. The Bertz CT molecular complexity index is 873. The van der Waals surface area contributed by atoms with Crippen LogP contribution in [0.15, 0.2) is 18.2 Å². The second-order valence-electron chi connectivity index (χ2n) is 4.77. The topological polar surface area (TPSA) is 59.3 Å². The molecule has 2 aromatic heterocycles. The molecule has 2 heterocycles. The largest absolute Gasteiger partial charge is 0.346 e. The summed E-state index contributed by atoms with van der Waals surface area (Å²) in [5.74, 6) is -1.14. The van der Waals surface area contributed by atoms with Gasteiger partial charge in [-0.3, -0.25) is 4.79 Å². The molecule has 0 unspecified atom stereocenters. The Morgan fingerprint density at radius 3 is 3.00 bits per heavy atom. The number of hydrogen-bond acceptors (Lipinski definition) is 4. The molecule has 0 saturated heterocycles. The van der Waals surface area contributed by atoms with E-state index < -0.39 is 11.7 Å². The van der Waals surface area contributed by atoms with Gasteiger partial charge in [0.1, 0.15) is 10.8 Å². The first-order valence-corrected chi connectivity index (χ1v) is 7.70. The number of carbonyl (C=O) groups excluding carboxylic acids is 1. The van der Waals surface area contributed by atoms with Crippen molar-refractivity contribution in [1.82, 2.24) is 19.9 Å². The molecule has 1 N–H and O–H groups in total. The molecule has 0 aliphatic carbocycles. The Hall–Kier alpha value is -1.99. The van der Waals surface area contributed by atoms with Crippen LogP contribution in [0.5, 0.6) is 0 Å². The highest BCUT2D eigenvalue weighted by Gasteiger charge is 2.16. The number of imidazole rings is 1. The number of rotatable bonds is 3. The van der Waals surface area contributed by atoms with Crippen LogP contribution in [0, 0.1) is 19.7 Å². The van der Waals surface area contributed by atoms with Gasteiger partial charge in [-0.15, -0.1) is 0 Å². The molecule has 114 valence electrons. The van der Waals surface area contributed by atoms with Crippen molar-refractivity contribution in [3.05, 3.63) is 51.0 Å². The molecule has 0 fully saturated rings. The maximum Gasteiger partial charge on any atom is 0.254 e. The van der Waals surface area contributed by atoms with Crippen LogP contribution >= 0.6 is 22.9 Å². The van der Waals surface area contributed by atoms with Crippen LogP contribution < -0.4 is 5.32 Å². The summed E-state index contributed by atoms with van der Waals surface area (Å²) in [4.78, 5) is 17.3. The molecule has 0 atom stereocenters. The third kappa shape index (κ3) is 2.69. The van der Waals surface area contributed by atoms with Gasteiger partial charge in [-0.05, 0) is 32.0 Å². The number of halogens is 2. The van der Waals surface area contributed by atoms with Gasteiger partial charge in [0.25, 0.3) is 5.91 Å². The molecule has 1 aromatic carbocycles. The van der Waals surface area contributed by atoms with Crippen molar-refractivity contribution in [3.63, 3.8) is 0 Å². The predicted molar refractivity (Wildman–Crippen MR) is 82.9 cm³/mol. The smallest absolute Gasteiger partial charge is 0.254 e. The fourth-order valence-corrected chi connectivity index (χ4v) is 3.10. The van der Waals surface area contributed by atoms with E-state index >= 15 is 0 Å². The monoisotopic (exact) mass is 338 g/mol. The third-order valence-electron chi connectivity index (χ3n) is 3.19. The molecule has 0 aliphatic heterocycles. The molecule has 1 amide bonds. The Morgan fingerprint density at radius 1 is 1.45 bits per heavy atom. The number of fused-ring (bicyclic) bond motifs is 1. The quantitative estimate of drug-likeness (QED) is 0.798. The molecular formula is C14H12ClFN4OS. The summed E-state index contributed by atoms with van der Waals surface area (Å²) in [6.45, 7) is 3.94. The summed E-state index contributed by atoms with van der Waals surface area (Å²) < 4.78 is 15.4. The summed E-state index contributed by atoms with van der Waals surface area (Å²) in [6, 6.07) is 3.87. The van der Waals surface area contributed by atoms with Gasteiger partial charge in [0, 0.05) is 5.02 Å². The second-order valence-corrected chi connectivity index (χ2v) is 6.36. The van der Waals surface area contributed by atoms with E-state index in [0.717, 1.165) is 21.4 Å². The van der Waals surface area contributed by atoms with Gasteiger partial charge in [0.05, 0.1) is 23.5 Å². The normalized spacial score (nSPS) is 11.1. The summed E-state index contributed by atoms with van der Waals surface area (Å²) in [7, 11) is 0. The Morgan fingerprint density at radius 2 is 2.23 bits per heavy atom. The van der Waals surface area contributed by atoms with Crippen LogP contribution in [-0.2, 0) is 6.54 Å². The van der Waals surface area contributed by atoms with E-state index in [1.54, 1.807) is 4.52 Å². The number of nitrogens with zero attached hydrogens (tertiary/aromatic N) is 3. The van der Waals surface area contributed by atoms with E-state index in [-0.39, 0.29) is 12.1 Å². The number of benzene rings is 1. The Kier molecular flexibility index (Phi) is 3.84. The molecule has 3 aromatic rings. The van der Waals surface area contributed by atoms with Gasteiger partial charge in [0.15, 0.2) is 0 Å². The maximum absolute atomic E-state index is 13.7. The number of aromatic nitrogens is 3. The van der Waals surface area contributed by atoms with Crippen molar-refractivity contribution >= 4 is 33.8 Å². The van der Waals surface area contributed by atoms with Gasteiger partial charge in [-0.25, -0.2) is 13.9 Å². The van der Waals surface area contributed by atoms with Gasteiger partial charge in [-0.1, -0.05) is 22.9 Å². The first-order valence-electron chi connectivity index (χ1n) is 6.50. The molecule has 0 spiro atoms. The maximum atomic E-state index is 13.7. The molecule has 3 rings (SSSR count). The zero-order valence-electron chi connectivity index (χ0n) is 11.9. The molecular weight excluding hydrogens is 327 g/mol. The standard InChI is InChI=1S/C14H12ClFN4OS/c1-7-12(20-14(18-7)22-8(2)19-20)6-17-13(21)10-5-9(15)3-4-11(10)16/h3-5H,6H2,1-2H3,(H,17,21). The lowest BCUT2D eigenvalue weighted by Gasteiger charge is -2.06. The highest BCUT2D eigenvalue weighted by molar-refractivity contribution is 7.16. The lowest BCUT2D eigenvalue weighted by Crippen LogP contribution is -2.25. The van der Waals surface area contributed by atoms with Crippen LogP contribution in [-0.4, -0.2) is 20.5 Å². The van der Waals surface area contributed by atoms with Crippen LogP contribution in [0.1, 0.15) is 26.8 Å². The zero-order chi connectivity index (χ0) is 15.9. The molecule has 22 heavy (non-hydrogen) atoms. The minimum atomic E-state index is -0.610. The molecule has 0 radical (unpaired) electrons. The molecule has 0 aliphatic rings. The average Bonchev–Trinajstić information content (AvgIpc) is 2.94. The fourth-order valence-electron chi connectivity index (χ4n) is 2.12. The lowest BCUT2D eigenvalue weighted by atomic mass is 10.2. The van der Waals surface area contributed by atoms with Crippen LogP contribution in [0.25, 0.3) is 4.96 Å². The van der Waals surface area contributed by atoms with Crippen molar-refractivity contribution < 1.29 is 9.18 Å². The minimum absolute atomic E-state index is 0.0830. The molecule has 8 heteroatoms. The van der Waals surface area contributed by atoms with Crippen molar-refractivity contribution in [1.29, 1.82) is 0 Å². The number of hydrogen-bond donors (Lipinski definition) is 1. The first-order chi connectivity index (χ1) is 10.5. The van der Waals surface area contributed by atoms with Gasteiger partial charge in [0.2, 0.25) is 4.96 Å². The summed E-state index contributed by atoms with van der Waals surface area (Å²) in [5.41, 5.74) is 1.47. The summed E-state index contributed by atoms with van der Waals surface area (Å²) >= 11 is 7.27. The van der Waals surface area contributed by atoms with E-state index in [1.807, 2.05) is 13.8 Å². The molecule has 0 bridgehead atoms. The number of carbonyl (C=O) groups is 1. The highest BCUT2D eigenvalue weighted by atomic mass is 35.5. The van der Waals surface area contributed by atoms with E-state index in [2.05, 4.69) is 15.4 Å². The number of amides is 1. The first kappa shape index (κ1) is 14.9. The molecule has 5 nitrogen and oxygen atoms in total. The van der Waals surface area contributed by atoms with Crippen molar-refractivity contribution in [2.45, 2.75) is 20.4 Å². The van der Waals surface area contributed by atoms with Crippen LogP contribution in [0.4, 0.5) is 4.39 Å². The SMILES string of the molecule is Cc1nn2c(CNC(=O)c3cc(Cl)ccc3F)c(C)nc2s1. The van der Waals surface area contributed by atoms with E-state index in [0.29, 0.717) is 5.02 Å². The zero-order valence-corrected chi connectivity index (χ0v) is 13.4. The van der Waals surface area contributed by atoms with Crippen molar-refractivity contribution in [2.75, 3.05) is 0 Å². The van der Waals surface area contributed by atoms with Gasteiger partial charge < -0.3 is 5.32 Å². The summed E-state index contributed by atoms with van der Waals surface area (Å²) in [5, 5.41) is 8.22. The van der Waals surface area contributed by atoms with E-state index in [9.17, 15) is 9.18 Å².